The highest BCUT2D eigenvalue weighted by Crippen LogP contribution is 2.49. The molecule has 1 aliphatic carbocycles. The minimum absolute atomic E-state index is 0.203. The van der Waals surface area contributed by atoms with Crippen molar-refractivity contribution < 1.29 is 9.47 Å². The highest BCUT2D eigenvalue weighted by Gasteiger charge is 2.38. The summed E-state index contributed by atoms with van der Waals surface area (Å²) in [6, 6.07) is 4.05. The van der Waals surface area contributed by atoms with E-state index >= 15 is 0 Å². The summed E-state index contributed by atoms with van der Waals surface area (Å²) in [6.07, 6.45) is 3.26. The Labute approximate surface area is 103 Å². The van der Waals surface area contributed by atoms with E-state index in [1.54, 1.807) is 0 Å². The van der Waals surface area contributed by atoms with Gasteiger partial charge in [-0.25, -0.2) is 0 Å². The Morgan fingerprint density at radius 2 is 1.81 bits per heavy atom. The first kappa shape index (κ1) is 10.4. The van der Waals surface area contributed by atoms with Gasteiger partial charge in [-0.3, -0.25) is 0 Å². The zero-order valence-corrected chi connectivity index (χ0v) is 10.5. The van der Waals surface area contributed by atoms with E-state index in [1.807, 2.05) is 6.07 Å². The summed E-state index contributed by atoms with van der Waals surface area (Å²) in [5.41, 5.74) is 7.24. The number of ether oxygens (including phenoxy) is 2. The van der Waals surface area contributed by atoms with Crippen LogP contribution in [0.2, 0.25) is 0 Å². The Morgan fingerprint density at radius 3 is 2.44 bits per heavy atom. The van der Waals surface area contributed by atoms with Gasteiger partial charge in [-0.15, -0.1) is 0 Å². The molecule has 1 aromatic carbocycles. The molecular formula is C12H14BrNO2. The lowest BCUT2D eigenvalue weighted by Crippen LogP contribution is -2.43. The lowest BCUT2D eigenvalue weighted by atomic mass is 9.72. The maximum Gasteiger partial charge on any atom is 0.175 e. The molecule has 0 unspecified atom stereocenters. The van der Waals surface area contributed by atoms with Gasteiger partial charge in [0.2, 0.25) is 0 Å². The van der Waals surface area contributed by atoms with Gasteiger partial charge in [0, 0.05) is 11.1 Å². The van der Waals surface area contributed by atoms with E-state index in [0.717, 1.165) is 34.4 Å². The first-order valence-electron chi connectivity index (χ1n) is 5.58. The normalized spacial score (nSPS) is 21.4. The van der Waals surface area contributed by atoms with Crippen molar-refractivity contribution in [1.29, 1.82) is 0 Å². The van der Waals surface area contributed by atoms with Crippen LogP contribution in [0.1, 0.15) is 24.8 Å². The van der Waals surface area contributed by atoms with Crippen molar-refractivity contribution in [2.45, 2.75) is 24.8 Å². The van der Waals surface area contributed by atoms with E-state index in [2.05, 4.69) is 22.0 Å². The van der Waals surface area contributed by atoms with Crippen molar-refractivity contribution in [3.63, 3.8) is 0 Å². The van der Waals surface area contributed by atoms with Crippen LogP contribution in [0.25, 0.3) is 0 Å². The van der Waals surface area contributed by atoms with Gasteiger partial charge in [-0.2, -0.15) is 0 Å². The third-order valence-electron chi connectivity index (χ3n) is 3.42. The number of rotatable bonds is 1. The molecule has 0 bridgehead atoms. The van der Waals surface area contributed by atoms with Gasteiger partial charge in [0.05, 0.1) is 4.47 Å². The summed E-state index contributed by atoms with van der Waals surface area (Å²) in [5, 5.41) is 0. The van der Waals surface area contributed by atoms with Gasteiger partial charge >= 0.3 is 0 Å². The summed E-state index contributed by atoms with van der Waals surface area (Å²) in [4.78, 5) is 0. The summed E-state index contributed by atoms with van der Waals surface area (Å²) >= 11 is 3.48. The van der Waals surface area contributed by atoms with E-state index in [9.17, 15) is 0 Å². The Bertz CT molecular complexity index is 429. The number of hydrogen-bond donors (Lipinski definition) is 1. The van der Waals surface area contributed by atoms with Crippen LogP contribution in [0.4, 0.5) is 0 Å². The molecule has 3 rings (SSSR count). The molecule has 3 nitrogen and oxygen atoms in total. The molecule has 16 heavy (non-hydrogen) atoms. The van der Waals surface area contributed by atoms with Crippen molar-refractivity contribution in [2.75, 3.05) is 13.2 Å². The summed E-state index contributed by atoms with van der Waals surface area (Å²) in [6.45, 7) is 1.21. The molecule has 2 aliphatic rings. The fourth-order valence-corrected chi connectivity index (χ4v) is 2.75. The van der Waals surface area contributed by atoms with Crippen molar-refractivity contribution in [3.05, 3.63) is 22.2 Å². The molecule has 1 heterocycles. The first-order valence-corrected chi connectivity index (χ1v) is 6.37. The number of benzene rings is 1. The lowest BCUT2D eigenvalue weighted by Gasteiger charge is -2.40. The van der Waals surface area contributed by atoms with E-state index in [0.29, 0.717) is 13.2 Å². The summed E-state index contributed by atoms with van der Waals surface area (Å²) < 4.78 is 12.3. The molecule has 0 amide bonds. The third-order valence-corrected chi connectivity index (χ3v) is 4.05. The fourth-order valence-electron chi connectivity index (χ4n) is 2.32. The van der Waals surface area contributed by atoms with E-state index in [-0.39, 0.29) is 5.54 Å². The zero-order chi connectivity index (χ0) is 11.2. The summed E-state index contributed by atoms with van der Waals surface area (Å²) in [7, 11) is 0. The average molecular weight is 284 g/mol. The van der Waals surface area contributed by atoms with Crippen LogP contribution >= 0.6 is 15.9 Å². The van der Waals surface area contributed by atoms with Crippen LogP contribution in [0.15, 0.2) is 16.6 Å². The predicted molar refractivity (Wildman–Crippen MR) is 64.8 cm³/mol. The molecular weight excluding hydrogens is 270 g/mol. The Balaban J connectivity index is 2.11. The number of nitrogens with two attached hydrogens (primary N) is 1. The second kappa shape index (κ2) is 3.64. The number of hydrogen-bond acceptors (Lipinski definition) is 3. The van der Waals surface area contributed by atoms with Crippen molar-refractivity contribution in [3.8, 4) is 11.5 Å². The first-order chi connectivity index (χ1) is 7.71. The highest BCUT2D eigenvalue weighted by atomic mass is 79.9. The van der Waals surface area contributed by atoms with Crippen molar-refractivity contribution in [2.24, 2.45) is 5.73 Å². The minimum atomic E-state index is -0.203. The number of halogens is 1. The lowest BCUT2D eigenvalue weighted by molar-refractivity contribution is 0.158. The number of fused-ring (bicyclic) bond motifs is 1. The van der Waals surface area contributed by atoms with E-state index in [1.165, 1.54) is 6.42 Å². The molecule has 4 heteroatoms. The van der Waals surface area contributed by atoms with Crippen LogP contribution < -0.4 is 15.2 Å². The van der Waals surface area contributed by atoms with Gasteiger partial charge in [0.25, 0.3) is 0 Å². The molecule has 1 aromatic rings. The van der Waals surface area contributed by atoms with Gasteiger partial charge in [-0.1, -0.05) is 6.07 Å². The van der Waals surface area contributed by atoms with Crippen molar-refractivity contribution in [1.82, 2.24) is 0 Å². The van der Waals surface area contributed by atoms with Gasteiger partial charge < -0.3 is 15.2 Å². The Kier molecular flexibility index (Phi) is 2.37. The summed E-state index contributed by atoms with van der Waals surface area (Å²) in [5.74, 6) is 1.64. The molecule has 0 atom stereocenters. The molecule has 1 saturated carbocycles. The highest BCUT2D eigenvalue weighted by molar-refractivity contribution is 9.10. The SMILES string of the molecule is NC1(c2ccc(Br)c3c2OCCO3)CCC1. The monoisotopic (exact) mass is 283 g/mol. The van der Waals surface area contributed by atoms with Gasteiger partial charge in [-0.05, 0) is 41.3 Å². The van der Waals surface area contributed by atoms with E-state index < -0.39 is 0 Å². The van der Waals surface area contributed by atoms with Gasteiger partial charge in [0.15, 0.2) is 11.5 Å². The van der Waals surface area contributed by atoms with Crippen LogP contribution in [-0.2, 0) is 5.54 Å². The van der Waals surface area contributed by atoms with Crippen molar-refractivity contribution >= 4 is 15.9 Å². The fraction of sp³-hybridized carbons (Fsp3) is 0.500. The molecule has 0 aromatic heterocycles. The maximum absolute atomic E-state index is 6.35. The smallest absolute Gasteiger partial charge is 0.175 e. The molecule has 86 valence electrons. The molecule has 0 spiro atoms. The van der Waals surface area contributed by atoms with Crippen LogP contribution in [0.3, 0.4) is 0 Å². The molecule has 0 radical (unpaired) electrons. The predicted octanol–water partition coefficient (Wildman–Crippen LogP) is 2.56. The zero-order valence-electron chi connectivity index (χ0n) is 8.96. The maximum atomic E-state index is 6.35. The topological polar surface area (TPSA) is 44.5 Å². The minimum Gasteiger partial charge on any atom is -0.486 e. The molecule has 1 aliphatic heterocycles. The second-order valence-corrected chi connectivity index (χ2v) is 5.31. The Morgan fingerprint density at radius 1 is 1.12 bits per heavy atom. The molecule has 1 fully saturated rings. The Hall–Kier alpha value is -0.740. The second-order valence-electron chi connectivity index (χ2n) is 4.46. The van der Waals surface area contributed by atoms with E-state index in [4.69, 9.17) is 15.2 Å². The average Bonchev–Trinajstić information content (AvgIpc) is 2.27. The standard InChI is InChI=1S/C12H14BrNO2/c13-9-3-2-8(12(14)4-1-5-12)10-11(9)16-7-6-15-10/h2-3H,1,4-7,14H2. The quantitative estimate of drug-likeness (QED) is 0.862. The third kappa shape index (κ3) is 1.44. The van der Waals surface area contributed by atoms with Gasteiger partial charge in [0.1, 0.15) is 13.2 Å². The molecule has 2 N–H and O–H groups in total. The largest absolute Gasteiger partial charge is 0.486 e. The van der Waals surface area contributed by atoms with Crippen LogP contribution in [-0.4, -0.2) is 13.2 Å². The van der Waals surface area contributed by atoms with Crippen LogP contribution in [0.5, 0.6) is 11.5 Å². The van der Waals surface area contributed by atoms with Crippen LogP contribution in [0, 0.1) is 0 Å². The molecule has 0 saturated heterocycles.